The SMILES string of the molecule is CCCNC(c1cscc1C)C1CCCCCC1. The van der Waals surface area contributed by atoms with Crippen LogP contribution in [0.15, 0.2) is 10.8 Å². The van der Waals surface area contributed by atoms with E-state index in [-0.39, 0.29) is 0 Å². The van der Waals surface area contributed by atoms with Crippen molar-refractivity contribution in [2.75, 3.05) is 6.54 Å². The Hall–Kier alpha value is -0.340. The van der Waals surface area contributed by atoms with Crippen LogP contribution < -0.4 is 5.32 Å². The summed E-state index contributed by atoms with van der Waals surface area (Å²) < 4.78 is 0. The summed E-state index contributed by atoms with van der Waals surface area (Å²) in [5, 5.41) is 8.48. The third-order valence-corrected chi connectivity index (χ3v) is 5.10. The predicted molar refractivity (Wildman–Crippen MR) is 81.3 cm³/mol. The molecule has 1 unspecified atom stereocenters. The van der Waals surface area contributed by atoms with E-state index in [0.717, 1.165) is 12.5 Å². The van der Waals surface area contributed by atoms with Gasteiger partial charge in [0.25, 0.3) is 0 Å². The van der Waals surface area contributed by atoms with Crippen LogP contribution in [0.5, 0.6) is 0 Å². The molecule has 1 aliphatic carbocycles. The Bertz CT molecular complexity index is 337. The van der Waals surface area contributed by atoms with Gasteiger partial charge < -0.3 is 5.32 Å². The van der Waals surface area contributed by atoms with Crippen molar-refractivity contribution in [3.8, 4) is 0 Å². The number of aryl methyl sites for hydroxylation is 1. The second-order valence-electron chi connectivity index (χ2n) is 5.69. The number of nitrogens with one attached hydrogen (secondary N) is 1. The van der Waals surface area contributed by atoms with Crippen LogP contribution in [0.4, 0.5) is 0 Å². The summed E-state index contributed by atoms with van der Waals surface area (Å²) in [6.45, 7) is 5.68. The van der Waals surface area contributed by atoms with Gasteiger partial charge in [-0.2, -0.15) is 11.3 Å². The molecule has 1 heterocycles. The van der Waals surface area contributed by atoms with E-state index in [1.165, 1.54) is 50.5 Å². The number of hydrogen-bond donors (Lipinski definition) is 1. The van der Waals surface area contributed by atoms with Crippen LogP contribution in [0.3, 0.4) is 0 Å². The molecule has 1 fully saturated rings. The summed E-state index contributed by atoms with van der Waals surface area (Å²) in [5.41, 5.74) is 3.05. The summed E-state index contributed by atoms with van der Waals surface area (Å²) in [7, 11) is 0. The summed E-state index contributed by atoms with van der Waals surface area (Å²) in [6.07, 6.45) is 9.80. The minimum Gasteiger partial charge on any atom is -0.310 e. The zero-order valence-electron chi connectivity index (χ0n) is 11.9. The zero-order valence-corrected chi connectivity index (χ0v) is 12.7. The first-order chi connectivity index (χ1) is 8.83. The second kappa shape index (κ2) is 7.30. The van der Waals surface area contributed by atoms with E-state index < -0.39 is 0 Å². The van der Waals surface area contributed by atoms with Crippen LogP contribution >= 0.6 is 11.3 Å². The molecule has 102 valence electrons. The van der Waals surface area contributed by atoms with Gasteiger partial charge in [0.1, 0.15) is 0 Å². The van der Waals surface area contributed by atoms with Gasteiger partial charge in [-0.1, -0.05) is 32.6 Å². The van der Waals surface area contributed by atoms with Gasteiger partial charge >= 0.3 is 0 Å². The maximum Gasteiger partial charge on any atom is 0.0359 e. The minimum atomic E-state index is 0.606. The predicted octanol–water partition coefficient (Wildman–Crippen LogP) is 5.07. The van der Waals surface area contributed by atoms with Gasteiger partial charge in [-0.05, 0) is 60.5 Å². The fraction of sp³-hybridized carbons (Fsp3) is 0.750. The molecule has 0 bridgehead atoms. The van der Waals surface area contributed by atoms with Crippen LogP contribution in [0.2, 0.25) is 0 Å². The van der Waals surface area contributed by atoms with E-state index in [1.54, 1.807) is 5.56 Å². The van der Waals surface area contributed by atoms with Gasteiger partial charge in [-0.3, -0.25) is 0 Å². The van der Waals surface area contributed by atoms with Crippen molar-refractivity contribution in [1.82, 2.24) is 5.32 Å². The highest BCUT2D eigenvalue weighted by Crippen LogP contribution is 2.35. The lowest BCUT2D eigenvalue weighted by Gasteiger charge is -2.27. The van der Waals surface area contributed by atoms with Crippen molar-refractivity contribution in [3.05, 3.63) is 21.9 Å². The summed E-state index contributed by atoms with van der Waals surface area (Å²) in [5.74, 6) is 0.854. The Morgan fingerprint density at radius 2 is 1.94 bits per heavy atom. The first kappa shape index (κ1) is 14.1. The molecule has 1 aromatic heterocycles. The third kappa shape index (κ3) is 3.58. The van der Waals surface area contributed by atoms with Crippen LogP contribution in [0.1, 0.15) is 69.0 Å². The van der Waals surface area contributed by atoms with Gasteiger partial charge in [0, 0.05) is 6.04 Å². The maximum atomic E-state index is 3.82. The Morgan fingerprint density at radius 3 is 2.50 bits per heavy atom. The molecule has 18 heavy (non-hydrogen) atoms. The molecule has 1 aromatic rings. The van der Waals surface area contributed by atoms with E-state index in [1.807, 2.05) is 11.3 Å². The van der Waals surface area contributed by atoms with Gasteiger partial charge in [0.05, 0.1) is 0 Å². The normalized spacial score (nSPS) is 19.7. The van der Waals surface area contributed by atoms with E-state index in [0.29, 0.717) is 6.04 Å². The molecule has 0 spiro atoms. The quantitative estimate of drug-likeness (QED) is 0.733. The van der Waals surface area contributed by atoms with Crippen molar-refractivity contribution in [2.24, 2.45) is 5.92 Å². The van der Waals surface area contributed by atoms with E-state index in [9.17, 15) is 0 Å². The molecule has 1 N–H and O–H groups in total. The molecule has 1 aliphatic rings. The molecule has 0 radical (unpaired) electrons. The molecule has 0 amide bonds. The lowest BCUT2D eigenvalue weighted by atomic mass is 9.87. The van der Waals surface area contributed by atoms with E-state index in [4.69, 9.17) is 0 Å². The first-order valence-corrected chi connectivity index (χ1v) is 8.53. The van der Waals surface area contributed by atoms with E-state index in [2.05, 4.69) is 29.9 Å². The van der Waals surface area contributed by atoms with Crippen LogP contribution in [0, 0.1) is 12.8 Å². The summed E-state index contributed by atoms with van der Waals surface area (Å²) in [6, 6.07) is 0.606. The van der Waals surface area contributed by atoms with Crippen molar-refractivity contribution >= 4 is 11.3 Å². The molecule has 1 saturated carbocycles. The average molecular weight is 265 g/mol. The number of rotatable bonds is 5. The summed E-state index contributed by atoms with van der Waals surface area (Å²) in [4.78, 5) is 0. The highest BCUT2D eigenvalue weighted by molar-refractivity contribution is 7.08. The zero-order chi connectivity index (χ0) is 12.8. The Labute approximate surface area is 116 Å². The Balaban J connectivity index is 2.10. The Kier molecular flexibility index (Phi) is 5.71. The third-order valence-electron chi connectivity index (χ3n) is 4.22. The van der Waals surface area contributed by atoms with Gasteiger partial charge in [-0.15, -0.1) is 0 Å². The van der Waals surface area contributed by atoms with Crippen molar-refractivity contribution < 1.29 is 0 Å². The lowest BCUT2D eigenvalue weighted by Crippen LogP contribution is -2.29. The number of thiophene rings is 1. The maximum absolute atomic E-state index is 3.82. The summed E-state index contributed by atoms with van der Waals surface area (Å²) >= 11 is 1.86. The van der Waals surface area contributed by atoms with Crippen molar-refractivity contribution in [1.29, 1.82) is 0 Å². The smallest absolute Gasteiger partial charge is 0.0359 e. The van der Waals surface area contributed by atoms with Crippen molar-refractivity contribution in [2.45, 2.75) is 64.8 Å². The molecule has 2 heteroatoms. The Morgan fingerprint density at radius 1 is 1.22 bits per heavy atom. The molecule has 0 saturated heterocycles. The highest BCUT2D eigenvalue weighted by atomic mass is 32.1. The van der Waals surface area contributed by atoms with E-state index >= 15 is 0 Å². The average Bonchev–Trinajstić information content (AvgIpc) is 2.65. The number of hydrogen-bond acceptors (Lipinski definition) is 2. The van der Waals surface area contributed by atoms with Crippen LogP contribution in [-0.4, -0.2) is 6.54 Å². The minimum absolute atomic E-state index is 0.606. The molecule has 0 aromatic carbocycles. The highest BCUT2D eigenvalue weighted by Gasteiger charge is 2.25. The topological polar surface area (TPSA) is 12.0 Å². The molecular weight excluding hydrogens is 238 g/mol. The van der Waals surface area contributed by atoms with Crippen LogP contribution in [0.25, 0.3) is 0 Å². The largest absolute Gasteiger partial charge is 0.310 e. The molecule has 1 atom stereocenters. The molecule has 2 rings (SSSR count). The van der Waals surface area contributed by atoms with Gasteiger partial charge in [-0.25, -0.2) is 0 Å². The monoisotopic (exact) mass is 265 g/mol. The molecular formula is C16H27NS. The second-order valence-corrected chi connectivity index (χ2v) is 6.44. The van der Waals surface area contributed by atoms with Gasteiger partial charge in [0.2, 0.25) is 0 Å². The molecule has 1 nitrogen and oxygen atoms in total. The van der Waals surface area contributed by atoms with Crippen LogP contribution in [-0.2, 0) is 0 Å². The fourth-order valence-corrected chi connectivity index (χ4v) is 4.05. The standard InChI is InChI=1S/C16H27NS/c1-3-10-17-16(15-12-18-11-13(15)2)14-8-6-4-5-7-9-14/h11-12,14,16-17H,3-10H2,1-2H3. The lowest BCUT2D eigenvalue weighted by molar-refractivity contribution is 0.325. The molecule has 0 aliphatic heterocycles. The first-order valence-electron chi connectivity index (χ1n) is 7.59. The van der Waals surface area contributed by atoms with Crippen molar-refractivity contribution in [3.63, 3.8) is 0 Å². The fourth-order valence-electron chi connectivity index (χ4n) is 3.16. The van der Waals surface area contributed by atoms with Gasteiger partial charge in [0.15, 0.2) is 0 Å².